The Kier molecular flexibility index (Phi) is 9.73. The van der Waals surface area contributed by atoms with Gasteiger partial charge in [-0.1, -0.05) is 61.6 Å². The van der Waals surface area contributed by atoms with Crippen molar-refractivity contribution in [2.24, 2.45) is 23.7 Å². The molecule has 0 spiro atoms. The number of Topliss-reactive ketones (excluding diaryl/α,β-unsaturated/α-hetero) is 1. The minimum atomic E-state index is -0.561. The lowest BCUT2D eigenvalue weighted by atomic mass is 9.89. The Bertz CT molecular complexity index is 781. The summed E-state index contributed by atoms with van der Waals surface area (Å²) < 4.78 is 0. The Morgan fingerprint density at radius 3 is 2.75 bits per heavy atom. The summed E-state index contributed by atoms with van der Waals surface area (Å²) in [4.78, 5) is 24.2. The Labute approximate surface area is 193 Å². The first-order chi connectivity index (χ1) is 15.5. The van der Waals surface area contributed by atoms with Crippen LogP contribution < -0.4 is 5.32 Å². The number of unbranched alkanes of at least 4 members (excludes halogenated alkanes) is 1. The lowest BCUT2D eigenvalue weighted by molar-refractivity contribution is -0.121. The first-order valence-corrected chi connectivity index (χ1v) is 12.4. The van der Waals surface area contributed by atoms with Gasteiger partial charge < -0.3 is 10.4 Å². The van der Waals surface area contributed by atoms with Gasteiger partial charge in [0.05, 0.1) is 6.10 Å². The van der Waals surface area contributed by atoms with Gasteiger partial charge in [-0.15, -0.1) is 0 Å². The van der Waals surface area contributed by atoms with Crippen molar-refractivity contribution in [2.75, 3.05) is 6.54 Å². The van der Waals surface area contributed by atoms with Crippen LogP contribution in [0.25, 0.3) is 0 Å². The first kappa shape index (κ1) is 24.4. The minimum Gasteiger partial charge on any atom is -0.392 e. The lowest BCUT2D eigenvalue weighted by Gasteiger charge is -2.17. The molecule has 4 heteroatoms. The molecule has 4 nitrogen and oxygen atoms in total. The summed E-state index contributed by atoms with van der Waals surface area (Å²) in [5.41, 5.74) is 1.34. The van der Waals surface area contributed by atoms with Crippen molar-refractivity contribution in [3.05, 3.63) is 60.2 Å². The molecule has 1 amide bonds. The molecule has 2 fully saturated rings. The number of carbonyl (C=O) groups is 2. The maximum atomic E-state index is 12.4. The number of carbonyl (C=O) groups excluding carboxylic acids is 2. The minimum absolute atomic E-state index is 0.0434. The van der Waals surface area contributed by atoms with Crippen molar-refractivity contribution in [2.45, 2.75) is 70.8 Å². The molecule has 174 valence electrons. The van der Waals surface area contributed by atoms with E-state index in [1.807, 2.05) is 12.1 Å². The molecule has 0 heterocycles. The number of ketones is 1. The molecule has 4 atom stereocenters. The highest BCUT2D eigenvalue weighted by Gasteiger charge is 2.39. The summed E-state index contributed by atoms with van der Waals surface area (Å²) >= 11 is 0. The monoisotopic (exact) mass is 437 g/mol. The molecular formula is C28H39NO3. The predicted molar refractivity (Wildman–Crippen MR) is 129 cm³/mol. The number of rotatable bonds is 13. The van der Waals surface area contributed by atoms with Gasteiger partial charge in [0.1, 0.15) is 5.78 Å². The van der Waals surface area contributed by atoms with Crippen molar-refractivity contribution in [1.29, 1.82) is 0 Å². The largest absolute Gasteiger partial charge is 0.392 e. The molecule has 2 N–H and O–H groups in total. The van der Waals surface area contributed by atoms with Gasteiger partial charge in [-0.05, 0) is 62.3 Å². The number of amides is 1. The molecule has 0 aromatic heterocycles. The molecule has 1 aromatic rings. The highest BCUT2D eigenvalue weighted by atomic mass is 16.3. The molecule has 0 unspecified atom stereocenters. The molecule has 0 aliphatic heterocycles. The van der Waals surface area contributed by atoms with Crippen LogP contribution in [-0.4, -0.2) is 29.4 Å². The van der Waals surface area contributed by atoms with E-state index in [4.69, 9.17) is 0 Å². The molecule has 0 radical (unpaired) electrons. The normalized spacial score (nSPS) is 24.4. The number of nitrogens with one attached hydrogen (secondary N) is 1. The zero-order valence-electron chi connectivity index (χ0n) is 19.4. The molecule has 2 aliphatic rings. The molecule has 3 rings (SSSR count). The van der Waals surface area contributed by atoms with Crippen molar-refractivity contribution < 1.29 is 14.7 Å². The maximum Gasteiger partial charge on any atom is 0.220 e. The van der Waals surface area contributed by atoms with E-state index in [-0.39, 0.29) is 29.9 Å². The molecule has 2 saturated carbocycles. The van der Waals surface area contributed by atoms with Gasteiger partial charge in [0.2, 0.25) is 5.91 Å². The van der Waals surface area contributed by atoms with E-state index in [0.29, 0.717) is 24.7 Å². The number of aryl methyl sites for hydroxylation is 1. The van der Waals surface area contributed by atoms with Crippen LogP contribution >= 0.6 is 0 Å². The van der Waals surface area contributed by atoms with Crippen LogP contribution in [0.4, 0.5) is 0 Å². The Balaban J connectivity index is 1.37. The number of aliphatic hydroxyl groups excluding tert-OH is 1. The molecule has 0 saturated heterocycles. The Morgan fingerprint density at radius 1 is 1.22 bits per heavy atom. The molecule has 2 aliphatic carbocycles. The van der Waals surface area contributed by atoms with E-state index < -0.39 is 6.10 Å². The van der Waals surface area contributed by atoms with Crippen LogP contribution in [0.1, 0.15) is 63.9 Å². The third-order valence-corrected chi connectivity index (χ3v) is 6.75. The summed E-state index contributed by atoms with van der Waals surface area (Å²) in [5.74, 6) is 1.17. The third-order valence-electron chi connectivity index (χ3n) is 6.75. The molecule has 0 bridgehead atoms. The van der Waals surface area contributed by atoms with Crippen LogP contribution in [0, 0.1) is 23.7 Å². The Morgan fingerprint density at radius 2 is 2.00 bits per heavy atom. The topological polar surface area (TPSA) is 66.4 Å². The fourth-order valence-electron chi connectivity index (χ4n) is 4.39. The average molecular weight is 438 g/mol. The summed E-state index contributed by atoms with van der Waals surface area (Å²) in [7, 11) is 0. The summed E-state index contributed by atoms with van der Waals surface area (Å²) in [5, 5.41) is 13.4. The quantitative estimate of drug-likeness (QED) is 0.336. The van der Waals surface area contributed by atoms with Gasteiger partial charge in [-0.2, -0.15) is 0 Å². The zero-order valence-corrected chi connectivity index (χ0v) is 19.4. The van der Waals surface area contributed by atoms with Crippen molar-refractivity contribution >= 4 is 11.7 Å². The van der Waals surface area contributed by atoms with Gasteiger partial charge in [-0.3, -0.25) is 9.59 Å². The van der Waals surface area contributed by atoms with Gasteiger partial charge in [0.15, 0.2) is 0 Å². The lowest BCUT2D eigenvalue weighted by Crippen LogP contribution is -2.24. The van der Waals surface area contributed by atoms with E-state index in [1.165, 1.54) is 18.4 Å². The van der Waals surface area contributed by atoms with E-state index in [2.05, 4.69) is 54.7 Å². The van der Waals surface area contributed by atoms with Crippen LogP contribution in [-0.2, 0) is 16.0 Å². The number of hydrogen-bond acceptors (Lipinski definition) is 3. The SMILES string of the molecule is C[C@H](/C=C/[C@H]1C(=O)C[C@H](O)[C@@H]1C/C=C\CCCC(=O)NCC1CC1)CCc1ccccc1. The second kappa shape index (κ2) is 12.7. The van der Waals surface area contributed by atoms with Crippen LogP contribution in [0.5, 0.6) is 0 Å². The van der Waals surface area contributed by atoms with Crippen molar-refractivity contribution in [1.82, 2.24) is 5.32 Å². The maximum absolute atomic E-state index is 12.4. The van der Waals surface area contributed by atoms with Crippen molar-refractivity contribution in [3.8, 4) is 0 Å². The van der Waals surface area contributed by atoms with Gasteiger partial charge in [0.25, 0.3) is 0 Å². The molecule has 1 aromatic carbocycles. The van der Waals surface area contributed by atoms with E-state index >= 15 is 0 Å². The fourth-order valence-corrected chi connectivity index (χ4v) is 4.39. The summed E-state index contributed by atoms with van der Waals surface area (Å²) in [6.45, 7) is 3.02. The third kappa shape index (κ3) is 8.38. The highest BCUT2D eigenvalue weighted by molar-refractivity contribution is 5.86. The van der Waals surface area contributed by atoms with Gasteiger partial charge in [0, 0.05) is 31.2 Å². The van der Waals surface area contributed by atoms with Crippen LogP contribution in [0.3, 0.4) is 0 Å². The standard InChI is InChI=1S/C28H39NO3/c1-21(13-15-22-9-5-4-6-10-22)14-18-25-24(26(30)19-27(25)31)11-7-2-3-8-12-28(32)29-20-23-16-17-23/h2,4-7,9-10,14,18,21,23-26,30H,3,8,11-13,15-17,19-20H2,1H3,(H,29,32)/b7-2-,18-14+/t21-,24+,25+,26-/m0/s1. The number of hydrogen-bond donors (Lipinski definition) is 2. The number of allylic oxidation sites excluding steroid dienone is 4. The first-order valence-electron chi connectivity index (χ1n) is 12.4. The average Bonchev–Trinajstić information content (AvgIpc) is 3.58. The number of aliphatic hydroxyl groups is 1. The highest BCUT2D eigenvalue weighted by Crippen LogP contribution is 2.34. The summed E-state index contributed by atoms with van der Waals surface area (Å²) in [6.07, 6.45) is 15.6. The second-order valence-corrected chi connectivity index (χ2v) is 9.66. The fraction of sp³-hybridized carbons (Fsp3) is 0.571. The second-order valence-electron chi connectivity index (χ2n) is 9.66. The number of benzene rings is 1. The van der Waals surface area contributed by atoms with Crippen LogP contribution in [0.2, 0.25) is 0 Å². The smallest absolute Gasteiger partial charge is 0.220 e. The van der Waals surface area contributed by atoms with Crippen molar-refractivity contribution in [3.63, 3.8) is 0 Å². The van der Waals surface area contributed by atoms with Gasteiger partial charge >= 0.3 is 0 Å². The van der Waals surface area contributed by atoms with E-state index in [9.17, 15) is 14.7 Å². The molecule has 32 heavy (non-hydrogen) atoms. The van der Waals surface area contributed by atoms with E-state index in [0.717, 1.165) is 32.2 Å². The Hall–Kier alpha value is -2.20. The molecular weight excluding hydrogens is 398 g/mol. The van der Waals surface area contributed by atoms with E-state index in [1.54, 1.807) is 0 Å². The zero-order chi connectivity index (χ0) is 22.8. The summed E-state index contributed by atoms with van der Waals surface area (Å²) in [6, 6.07) is 10.5. The van der Waals surface area contributed by atoms with Gasteiger partial charge in [-0.25, -0.2) is 0 Å². The van der Waals surface area contributed by atoms with Crippen LogP contribution in [0.15, 0.2) is 54.6 Å². The predicted octanol–water partition coefficient (Wildman–Crippen LogP) is 5.02.